The van der Waals surface area contributed by atoms with Crippen LogP contribution in [0.15, 0.2) is 50.8 Å². The molecule has 1 heterocycles. The fourth-order valence-corrected chi connectivity index (χ4v) is 5.03. The van der Waals surface area contributed by atoms with Gasteiger partial charge in [0.05, 0.1) is 10.6 Å². The number of hydrogen-bond donors (Lipinski definition) is 1. The van der Waals surface area contributed by atoms with Crippen LogP contribution in [0.4, 0.5) is 5.69 Å². The lowest BCUT2D eigenvalue weighted by atomic mass is 9.78. The summed E-state index contributed by atoms with van der Waals surface area (Å²) in [4.78, 5) is 12.4. The van der Waals surface area contributed by atoms with E-state index in [2.05, 4.69) is 17.2 Å². The molecule has 1 aliphatic carbocycles. The van der Waals surface area contributed by atoms with Gasteiger partial charge in [0.2, 0.25) is 10.0 Å². The number of hydrogen-bond acceptors (Lipinski definition) is 6. The van der Waals surface area contributed by atoms with Crippen LogP contribution in [0.2, 0.25) is 0 Å². The van der Waals surface area contributed by atoms with Crippen LogP contribution in [-0.4, -0.2) is 36.7 Å². The number of carbonyl (C=O) groups is 1. The summed E-state index contributed by atoms with van der Waals surface area (Å²) in [6.45, 7) is 7.04. The number of rotatable bonds is 4. The largest absolute Gasteiger partial charge is 0.510 e. The van der Waals surface area contributed by atoms with Crippen molar-refractivity contribution in [2.45, 2.75) is 51.3 Å². The van der Waals surface area contributed by atoms with Gasteiger partial charge in [0.25, 0.3) is 0 Å². The van der Waals surface area contributed by atoms with Crippen molar-refractivity contribution in [3.05, 3.63) is 35.7 Å². The van der Waals surface area contributed by atoms with Crippen molar-refractivity contribution in [2.75, 3.05) is 13.1 Å². The molecule has 2 aliphatic rings. The predicted octanol–water partition coefficient (Wildman–Crippen LogP) is 4.35. The molecule has 1 N–H and O–H groups in total. The quantitative estimate of drug-likeness (QED) is 0.753. The van der Waals surface area contributed by atoms with Gasteiger partial charge in [-0.1, -0.05) is 20.8 Å². The average molecular weight is 406 g/mol. The zero-order chi connectivity index (χ0) is 20.5. The lowest BCUT2D eigenvalue weighted by Crippen LogP contribution is -2.37. The average Bonchev–Trinajstić information content (AvgIpc) is 2.61. The Labute approximate surface area is 166 Å². The van der Waals surface area contributed by atoms with Crippen LogP contribution in [0.25, 0.3) is 0 Å². The van der Waals surface area contributed by atoms with E-state index >= 15 is 0 Å². The molecule has 0 atom stereocenters. The molecule has 0 bridgehead atoms. The molecule has 7 nitrogen and oxygen atoms in total. The molecule has 1 aliphatic heterocycles. The van der Waals surface area contributed by atoms with Crippen molar-refractivity contribution < 1.29 is 18.3 Å². The molecule has 0 aromatic heterocycles. The van der Waals surface area contributed by atoms with Crippen LogP contribution >= 0.6 is 0 Å². The number of allylic oxidation sites excluding steroid dienone is 2. The molecule has 1 fully saturated rings. The van der Waals surface area contributed by atoms with Gasteiger partial charge in [-0.25, -0.2) is 8.42 Å². The second-order valence-electron chi connectivity index (χ2n) is 8.52. The number of benzene rings is 1. The first-order valence-corrected chi connectivity index (χ1v) is 11.0. The van der Waals surface area contributed by atoms with Gasteiger partial charge in [-0.15, -0.1) is 5.11 Å². The highest BCUT2D eigenvalue weighted by Crippen LogP contribution is 2.36. The van der Waals surface area contributed by atoms with E-state index in [9.17, 15) is 18.3 Å². The highest BCUT2D eigenvalue weighted by molar-refractivity contribution is 7.89. The molecular weight excluding hydrogens is 378 g/mol. The third kappa shape index (κ3) is 4.50. The van der Waals surface area contributed by atoms with E-state index in [0.29, 0.717) is 37.5 Å². The summed E-state index contributed by atoms with van der Waals surface area (Å²) >= 11 is 0. The molecular formula is C20H27N3O4S. The summed E-state index contributed by atoms with van der Waals surface area (Å²) in [6.07, 6.45) is 2.42. The number of azo groups is 1. The molecule has 1 aromatic rings. The Morgan fingerprint density at radius 1 is 1.07 bits per heavy atom. The fraction of sp³-hybridized carbons (Fsp3) is 0.550. The first-order valence-electron chi connectivity index (χ1n) is 9.56. The number of nitrogens with zero attached hydrogens (tertiary/aromatic N) is 3. The van der Waals surface area contributed by atoms with Gasteiger partial charge >= 0.3 is 0 Å². The van der Waals surface area contributed by atoms with Crippen molar-refractivity contribution in [1.29, 1.82) is 0 Å². The van der Waals surface area contributed by atoms with Gasteiger partial charge in [0.15, 0.2) is 11.5 Å². The van der Waals surface area contributed by atoms with Crippen molar-refractivity contribution in [3.63, 3.8) is 0 Å². The summed E-state index contributed by atoms with van der Waals surface area (Å²) in [5, 5.41) is 18.0. The summed E-state index contributed by atoms with van der Waals surface area (Å²) in [5.41, 5.74) is 0.116. The maximum absolute atomic E-state index is 12.7. The number of ketones is 1. The molecule has 1 aromatic carbocycles. The fourth-order valence-electron chi connectivity index (χ4n) is 3.56. The van der Waals surface area contributed by atoms with Gasteiger partial charge in [-0.05, 0) is 48.4 Å². The van der Waals surface area contributed by atoms with Crippen LogP contribution in [0, 0.1) is 11.3 Å². The monoisotopic (exact) mass is 405 g/mol. The van der Waals surface area contributed by atoms with E-state index in [0.717, 1.165) is 12.8 Å². The number of aliphatic hydroxyl groups is 1. The smallest absolute Gasteiger partial charge is 0.243 e. The van der Waals surface area contributed by atoms with Gasteiger partial charge in [-0.3, -0.25) is 4.79 Å². The Morgan fingerprint density at radius 2 is 1.68 bits per heavy atom. The highest BCUT2D eigenvalue weighted by atomic mass is 32.2. The van der Waals surface area contributed by atoms with E-state index in [-0.39, 0.29) is 27.5 Å². The normalized spacial score (nSPS) is 22.2. The van der Waals surface area contributed by atoms with Crippen LogP contribution < -0.4 is 0 Å². The van der Waals surface area contributed by atoms with E-state index in [1.807, 2.05) is 13.8 Å². The molecule has 0 amide bonds. The number of Topliss-reactive ketones (excluding diaryl/α,β-unsaturated/α-hetero) is 1. The van der Waals surface area contributed by atoms with E-state index < -0.39 is 10.0 Å². The molecule has 3 rings (SSSR count). The summed E-state index contributed by atoms with van der Waals surface area (Å²) in [5.74, 6) is 0.257. The lowest BCUT2D eigenvalue weighted by molar-refractivity contribution is -0.118. The predicted molar refractivity (Wildman–Crippen MR) is 106 cm³/mol. The van der Waals surface area contributed by atoms with Crippen LogP contribution in [0.3, 0.4) is 0 Å². The standard InChI is InChI=1S/C20H27N3O4S/c1-14-8-10-23(11-9-14)28(26,27)16-6-4-15(5-7-16)21-22-19-17(24)12-20(2,3)13-18(19)25/h4-7,14,24H,8-13H2,1-3H3. The molecule has 152 valence electrons. The Kier molecular flexibility index (Phi) is 5.72. The van der Waals surface area contributed by atoms with Crippen molar-refractivity contribution in [2.24, 2.45) is 21.6 Å². The summed E-state index contributed by atoms with van der Waals surface area (Å²) in [6, 6.07) is 6.11. The van der Waals surface area contributed by atoms with Gasteiger partial charge in [0, 0.05) is 25.9 Å². The molecule has 0 radical (unpaired) electrons. The molecule has 0 spiro atoms. The molecule has 28 heavy (non-hydrogen) atoms. The first kappa shape index (κ1) is 20.7. The second-order valence-corrected chi connectivity index (χ2v) is 10.5. The Hall–Kier alpha value is -2.06. The maximum Gasteiger partial charge on any atom is 0.243 e. The maximum atomic E-state index is 12.7. The lowest BCUT2D eigenvalue weighted by Gasteiger charge is -2.29. The second kappa shape index (κ2) is 7.75. The number of sulfonamides is 1. The Balaban J connectivity index is 1.74. The van der Waals surface area contributed by atoms with E-state index in [1.54, 1.807) is 12.1 Å². The SMILES string of the molecule is CC1CCN(S(=O)(=O)c2ccc(N=NC3=C(O)CC(C)(C)CC3=O)cc2)CC1. The highest BCUT2D eigenvalue weighted by Gasteiger charge is 2.33. The third-order valence-corrected chi connectivity index (χ3v) is 7.22. The van der Waals surface area contributed by atoms with E-state index in [4.69, 9.17) is 0 Å². The van der Waals surface area contributed by atoms with Gasteiger partial charge < -0.3 is 5.11 Å². The topological polar surface area (TPSA) is 99.4 Å². The van der Waals surface area contributed by atoms with Crippen molar-refractivity contribution in [1.82, 2.24) is 4.31 Å². The van der Waals surface area contributed by atoms with Crippen LogP contribution in [-0.2, 0) is 14.8 Å². The molecule has 0 unspecified atom stereocenters. The zero-order valence-electron chi connectivity index (χ0n) is 16.6. The van der Waals surface area contributed by atoms with E-state index in [1.165, 1.54) is 16.4 Å². The number of aliphatic hydroxyl groups excluding tert-OH is 1. The minimum atomic E-state index is -3.51. The number of carbonyl (C=O) groups excluding carboxylic acids is 1. The van der Waals surface area contributed by atoms with Crippen LogP contribution in [0.1, 0.15) is 46.5 Å². The zero-order valence-corrected chi connectivity index (χ0v) is 17.4. The molecule has 1 saturated heterocycles. The minimum absolute atomic E-state index is 0.0153. The minimum Gasteiger partial charge on any atom is -0.510 e. The Morgan fingerprint density at radius 3 is 2.25 bits per heavy atom. The van der Waals surface area contributed by atoms with Crippen molar-refractivity contribution >= 4 is 21.5 Å². The van der Waals surface area contributed by atoms with Gasteiger partial charge in [-0.2, -0.15) is 9.42 Å². The van der Waals surface area contributed by atoms with Gasteiger partial charge in [0.1, 0.15) is 5.76 Å². The first-order chi connectivity index (χ1) is 13.1. The van der Waals surface area contributed by atoms with Crippen molar-refractivity contribution in [3.8, 4) is 0 Å². The molecule has 0 saturated carbocycles. The Bertz CT molecular complexity index is 909. The van der Waals surface area contributed by atoms with Crippen LogP contribution in [0.5, 0.6) is 0 Å². The summed E-state index contributed by atoms with van der Waals surface area (Å²) < 4.78 is 27.0. The third-order valence-electron chi connectivity index (χ3n) is 5.31. The number of piperidine rings is 1. The molecule has 8 heteroatoms. The summed E-state index contributed by atoms with van der Waals surface area (Å²) in [7, 11) is -3.51.